The standard InChI is InChI=1S/C17H11Br2NO5/c1-8(21)24-10-5-12(18)17(13(19)6-10)25-9-2-3-14-11(4-9)15(22)7-16(23)20-14/h2-7H,1H3,(H2,20,22,23). The number of pyridine rings is 1. The molecule has 25 heavy (non-hydrogen) atoms. The molecule has 6 nitrogen and oxygen atoms in total. The van der Waals surface area contributed by atoms with E-state index in [1.165, 1.54) is 6.92 Å². The third-order valence-corrected chi connectivity index (χ3v) is 4.42. The van der Waals surface area contributed by atoms with Gasteiger partial charge in [0.2, 0.25) is 0 Å². The summed E-state index contributed by atoms with van der Waals surface area (Å²) < 4.78 is 12.0. The minimum Gasteiger partial charge on any atom is -0.507 e. The van der Waals surface area contributed by atoms with Crippen LogP contribution in [0.4, 0.5) is 0 Å². The van der Waals surface area contributed by atoms with Crippen LogP contribution in [0.2, 0.25) is 0 Å². The molecule has 1 heterocycles. The van der Waals surface area contributed by atoms with Gasteiger partial charge in [0.1, 0.15) is 17.2 Å². The molecule has 3 rings (SSSR count). The summed E-state index contributed by atoms with van der Waals surface area (Å²) in [5.74, 6) is 0.738. The third kappa shape index (κ3) is 3.85. The number of fused-ring (bicyclic) bond motifs is 1. The Morgan fingerprint density at radius 2 is 1.76 bits per heavy atom. The molecule has 0 amide bonds. The van der Waals surface area contributed by atoms with E-state index in [0.717, 1.165) is 6.07 Å². The zero-order valence-electron chi connectivity index (χ0n) is 12.8. The Kier molecular flexibility index (Phi) is 4.82. The number of hydrogen-bond acceptors (Lipinski definition) is 5. The highest BCUT2D eigenvalue weighted by molar-refractivity contribution is 9.11. The van der Waals surface area contributed by atoms with Crippen molar-refractivity contribution in [1.29, 1.82) is 0 Å². The molecule has 0 aliphatic heterocycles. The normalized spacial score (nSPS) is 10.7. The van der Waals surface area contributed by atoms with Crippen molar-refractivity contribution in [2.75, 3.05) is 0 Å². The van der Waals surface area contributed by atoms with Crippen LogP contribution in [0.5, 0.6) is 23.0 Å². The molecule has 0 saturated carbocycles. The molecule has 0 unspecified atom stereocenters. The first kappa shape index (κ1) is 17.5. The highest BCUT2D eigenvalue weighted by Gasteiger charge is 2.13. The van der Waals surface area contributed by atoms with E-state index >= 15 is 0 Å². The smallest absolute Gasteiger partial charge is 0.308 e. The maximum atomic E-state index is 11.4. The number of carbonyl (C=O) groups is 1. The van der Waals surface area contributed by atoms with Crippen molar-refractivity contribution in [1.82, 2.24) is 4.98 Å². The highest BCUT2D eigenvalue weighted by Crippen LogP contribution is 2.40. The van der Waals surface area contributed by atoms with Crippen LogP contribution in [0.25, 0.3) is 10.9 Å². The summed E-state index contributed by atoms with van der Waals surface area (Å²) in [7, 11) is 0. The predicted molar refractivity (Wildman–Crippen MR) is 99.5 cm³/mol. The van der Waals surface area contributed by atoms with Crippen LogP contribution in [0.3, 0.4) is 0 Å². The molecule has 0 radical (unpaired) electrons. The number of benzene rings is 2. The lowest BCUT2D eigenvalue weighted by atomic mass is 10.2. The van der Waals surface area contributed by atoms with E-state index in [2.05, 4.69) is 36.8 Å². The number of hydrogen-bond donors (Lipinski definition) is 2. The third-order valence-electron chi connectivity index (χ3n) is 3.25. The van der Waals surface area contributed by atoms with Crippen molar-refractivity contribution >= 4 is 48.7 Å². The molecule has 0 bridgehead atoms. The maximum Gasteiger partial charge on any atom is 0.308 e. The van der Waals surface area contributed by atoms with Gasteiger partial charge in [0.05, 0.1) is 14.5 Å². The van der Waals surface area contributed by atoms with Gasteiger partial charge in [-0.1, -0.05) is 0 Å². The van der Waals surface area contributed by atoms with Gasteiger partial charge >= 0.3 is 5.97 Å². The molecule has 0 saturated heterocycles. The molecule has 3 aromatic rings. The molecule has 0 aliphatic rings. The van der Waals surface area contributed by atoms with E-state index < -0.39 is 5.97 Å². The van der Waals surface area contributed by atoms with Gasteiger partial charge in [0.15, 0.2) is 5.75 Å². The molecule has 8 heteroatoms. The first-order valence-corrected chi connectivity index (χ1v) is 8.63. The maximum absolute atomic E-state index is 11.4. The Bertz CT molecular complexity index is 1020. The second kappa shape index (κ2) is 6.89. The summed E-state index contributed by atoms with van der Waals surface area (Å²) in [6.07, 6.45) is 0. The Morgan fingerprint density at radius 1 is 1.08 bits per heavy atom. The predicted octanol–water partition coefficient (Wildman–Crippen LogP) is 4.48. The lowest BCUT2D eigenvalue weighted by molar-refractivity contribution is -0.131. The van der Waals surface area contributed by atoms with Crippen LogP contribution in [-0.2, 0) is 4.79 Å². The minimum atomic E-state index is -0.425. The average molecular weight is 469 g/mol. The quantitative estimate of drug-likeness (QED) is 0.437. The van der Waals surface area contributed by atoms with Crippen LogP contribution in [0.15, 0.2) is 50.1 Å². The summed E-state index contributed by atoms with van der Waals surface area (Å²) in [5, 5.41) is 10.4. The highest BCUT2D eigenvalue weighted by atomic mass is 79.9. The molecule has 0 fully saturated rings. The lowest BCUT2D eigenvalue weighted by Gasteiger charge is -2.12. The van der Waals surface area contributed by atoms with Gasteiger partial charge in [-0.25, -0.2) is 0 Å². The van der Waals surface area contributed by atoms with Gasteiger partial charge in [-0.2, -0.15) is 0 Å². The van der Waals surface area contributed by atoms with Gasteiger partial charge in [-0.15, -0.1) is 0 Å². The Morgan fingerprint density at radius 3 is 2.40 bits per heavy atom. The first-order valence-electron chi connectivity index (χ1n) is 7.05. The number of H-pyrrole nitrogens is 1. The largest absolute Gasteiger partial charge is 0.507 e. The molecule has 0 atom stereocenters. The molecule has 2 aromatic carbocycles. The van der Waals surface area contributed by atoms with Crippen molar-refractivity contribution in [3.05, 3.63) is 55.7 Å². The lowest BCUT2D eigenvalue weighted by Crippen LogP contribution is -2.03. The second-order valence-corrected chi connectivity index (χ2v) is 6.85. The number of nitrogens with one attached hydrogen (secondary N) is 1. The zero-order chi connectivity index (χ0) is 18.1. The van der Waals surface area contributed by atoms with Gasteiger partial charge in [0, 0.05) is 18.4 Å². The topological polar surface area (TPSA) is 88.6 Å². The van der Waals surface area contributed by atoms with Gasteiger partial charge in [-0.05, 0) is 62.2 Å². The fourth-order valence-electron chi connectivity index (χ4n) is 2.26. The van der Waals surface area contributed by atoms with Crippen LogP contribution in [-0.4, -0.2) is 16.1 Å². The first-order chi connectivity index (χ1) is 11.8. The van der Waals surface area contributed by atoms with Crippen LogP contribution >= 0.6 is 31.9 Å². The van der Waals surface area contributed by atoms with E-state index in [4.69, 9.17) is 9.47 Å². The summed E-state index contributed by atoms with van der Waals surface area (Å²) in [6, 6.07) is 9.23. The van der Waals surface area contributed by atoms with E-state index in [9.17, 15) is 14.7 Å². The molecule has 2 N–H and O–H groups in total. The Hall–Kier alpha value is -2.32. The number of halogens is 2. The molecule has 1 aromatic heterocycles. The summed E-state index contributed by atoms with van der Waals surface area (Å²) >= 11 is 6.75. The molecule has 0 spiro atoms. The monoisotopic (exact) mass is 467 g/mol. The van der Waals surface area contributed by atoms with Gasteiger partial charge in [0.25, 0.3) is 5.56 Å². The van der Waals surface area contributed by atoms with Crippen molar-refractivity contribution in [3.8, 4) is 23.0 Å². The van der Waals surface area contributed by atoms with Crippen molar-refractivity contribution in [2.24, 2.45) is 0 Å². The van der Waals surface area contributed by atoms with Crippen LogP contribution in [0, 0.1) is 0 Å². The van der Waals surface area contributed by atoms with E-state index in [-0.39, 0.29) is 11.3 Å². The SMILES string of the molecule is CC(=O)Oc1cc(Br)c(Oc2ccc3[nH]c(=O)cc(O)c3c2)c(Br)c1. The molecule has 0 aliphatic carbocycles. The van der Waals surface area contributed by atoms with Crippen LogP contribution in [0.1, 0.15) is 6.92 Å². The number of aromatic nitrogens is 1. The zero-order valence-corrected chi connectivity index (χ0v) is 16.0. The minimum absolute atomic E-state index is 0.132. The Labute approximate surface area is 158 Å². The fraction of sp³-hybridized carbons (Fsp3) is 0.0588. The van der Waals surface area contributed by atoms with Gasteiger partial charge in [-0.3, -0.25) is 9.59 Å². The van der Waals surface area contributed by atoms with E-state index in [1.54, 1.807) is 30.3 Å². The number of esters is 1. The molecule has 128 valence electrons. The number of carbonyl (C=O) groups excluding carboxylic acids is 1. The van der Waals surface area contributed by atoms with E-state index in [1.807, 2.05) is 0 Å². The number of ether oxygens (including phenoxy) is 2. The second-order valence-electron chi connectivity index (χ2n) is 5.14. The van der Waals surface area contributed by atoms with Crippen molar-refractivity contribution in [2.45, 2.75) is 6.92 Å². The van der Waals surface area contributed by atoms with Gasteiger partial charge < -0.3 is 19.6 Å². The average Bonchev–Trinajstić information content (AvgIpc) is 2.50. The number of rotatable bonds is 3. The van der Waals surface area contributed by atoms with Crippen molar-refractivity contribution in [3.63, 3.8) is 0 Å². The Balaban J connectivity index is 1.98. The van der Waals surface area contributed by atoms with Crippen molar-refractivity contribution < 1.29 is 19.4 Å². The fourth-order valence-corrected chi connectivity index (χ4v) is 3.56. The molecular formula is C17H11Br2NO5. The number of aromatic hydroxyl groups is 1. The summed E-state index contributed by atoms with van der Waals surface area (Å²) in [6.45, 7) is 1.32. The van der Waals surface area contributed by atoms with E-state index in [0.29, 0.717) is 37.1 Å². The molecular weight excluding hydrogens is 458 g/mol. The summed E-state index contributed by atoms with van der Waals surface area (Å²) in [4.78, 5) is 25.1. The summed E-state index contributed by atoms with van der Waals surface area (Å²) in [5.41, 5.74) is 0.117. The number of aromatic amines is 1. The van der Waals surface area contributed by atoms with Crippen LogP contribution < -0.4 is 15.0 Å².